The van der Waals surface area contributed by atoms with Crippen LogP contribution >= 0.6 is 0 Å². The van der Waals surface area contributed by atoms with Gasteiger partial charge in [-0.05, 0) is 18.2 Å². The summed E-state index contributed by atoms with van der Waals surface area (Å²) in [4.78, 5) is 14.8. The molecule has 64 valence electrons. The highest BCUT2D eigenvalue weighted by Crippen LogP contribution is 2.24. The monoisotopic (exact) mass is 173 g/mol. The van der Waals surface area contributed by atoms with Gasteiger partial charge in [-0.15, -0.1) is 0 Å². The van der Waals surface area contributed by atoms with E-state index >= 15 is 0 Å². The van der Waals surface area contributed by atoms with Gasteiger partial charge in [0.2, 0.25) is 0 Å². The molecular weight excluding hydrogens is 166 g/mol. The number of aliphatic imine (C=N–C) groups is 1. The Hall–Kier alpha value is -1.97. The molecule has 1 aliphatic heterocycles. The standard InChI is InChI=1S/C9H7N3O/c10-6-1-2-7-5(3-6)4-12-8(7)9(11)13/h1-4,10H,(H2,11,13). The van der Waals surface area contributed by atoms with Gasteiger partial charge in [0, 0.05) is 17.4 Å². The maximum Gasteiger partial charge on any atom is 0.267 e. The molecule has 0 aromatic heterocycles. The zero-order chi connectivity index (χ0) is 9.42. The van der Waals surface area contributed by atoms with Crippen LogP contribution < -0.4 is 5.73 Å². The van der Waals surface area contributed by atoms with E-state index in [0.717, 1.165) is 5.57 Å². The molecule has 2 rings (SSSR count). The molecule has 0 unspecified atom stereocenters. The number of fused-ring (bicyclic) bond motifs is 1. The highest BCUT2D eigenvalue weighted by Gasteiger charge is 2.19. The van der Waals surface area contributed by atoms with Gasteiger partial charge in [0.1, 0.15) is 5.70 Å². The molecule has 2 aliphatic rings. The molecule has 0 atom stereocenters. The third-order valence-electron chi connectivity index (χ3n) is 1.87. The van der Waals surface area contributed by atoms with Crippen LogP contribution in [0.5, 0.6) is 0 Å². The molecule has 13 heavy (non-hydrogen) atoms. The van der Waals surface area contributed by atoms with E-state index in [-0.39, 0.29) is 5.70 Å². The molecule has 1 aliphatic carbocycles. The van der Waals surface area contributed by atoms with Crippen molar-refractivity contribution >= 4 is 17.8 Å². The van der Waals surface area contributed by atoms with Crippen molar-refractivity contribution < 1.29 is 4.79 Å². The SMILES string of the molecule is N=C1C=CC2=C(C(N)=O)N=CC2=C1. The first-order valence-corrected chi connectivity index (χ1v) is 3.75. The molecule has 1 heterocycles. The largest absolute Gasteiger partial charge is 0.364 e. The van der Waals surface area contributed by atoms with Gasteiger partial charge in [-0.2, -0.15) is 0 Å². The smallest absolute Gasteiger partial charge is 0.267 e. The van der Waals surface area contributed by atoms with Crippen LogP contribution in [0.25, 0.3) is 0 Å². The molecule has 0 saturated carbocycles. The quantitative estimate of drug-likeness (QED) is 0.588. The number of hydrogen-bond acceptors (Lipinski definition) is 3. The van der Waals surface area contributed by atoms with E-state index in [0.29, 0.717) is 11.3 Å². The van der Waals surface area contributed by atoms with Crippen LogP contribution in [-0.4, -0.2) is 17.8 Å². The molecule has 0 radical (unpaired) electrons. The van der Waals surface area contributed by atoms with Gasteiger partial charge in [-0.3, -0.25) is 4.79 Å². The second-order valence-corrected chi connectivity index (χ2v) is 2.77. The Kier molecular flexibility index (Phi) is 1.48. The van der Waals surface area contributed by atoms with Crippen LogP contribution in [0.2, 0.25) is 0 Å². The summed E-state index contributed by atoms with van der Waals surface area (Å²) < 4.78 is 0. The molecule has 0 saturated heterocycles. The van der Waals surface area contributed by atoms with Gasteiger partial charge < -0.3 is 11.1 Å². The number of nitrogens with one attached hydrogen (secondary N) is 1. The molecule has 0 aromatic rings. The van der Waals surface area contributed by atoms with Crippen molar-refractivity contribution in [3.8, 4) is 0 Å². The lowest BCUT2D eigenvalue weighted by atomic mass is 10.00. The van der Waals surface area contributed by atoms with Gasteiger partial charge >= 0.3 is 0 Å². The first-order valence-electron chi connectivity index (χ1n) is 3.75. The fourth-order valence-electron chi connectivity index (χ4n) is 1.29. The predicted octanol–water partition coefficient (Wildman–Crippen LogP) is 0.326. The third kappa shape index (κ3) is 1.12. The summed E-state index contributed by atoms with van der Waals surface area (Å²) in [6, 6.07) is 0. The summed E-state index contributed by atoms with van der Waals surface area (Å²) in [6.45, 7) is 0. The van der Waals surface area contributed by atoms with Crippen molar-refractivity contribution in [3.05, 3.63) is 35.1 Å². The van der Waals surface area contributed by atoms with Gasteiger partial charge in [0.15, 0.2) is 0 Å². The Morgan fingerprint density at radius 3 is 2.92 bits per heavy atom. The van der Waals surface area contributed by atoms with E-state index in [4.69, 9.17) is 11.1 Å². The number of allylic oxidation sites excluding steroid dienone is 5. The highest BCUT2D eigenvalue weighted by molar-refractivity contribution is 6.13. The Morgan fingerprint density at radius 2 is 2.23 bits per heavy atom. The fraction of sp³-hybridized carbons (Fsp3) is 0. The Morgan fingerprint density at radius 1 is 1.46 bits per heavy atom. The first-order chi connectivity index (χ1) is 6.18. The van der Waals surface area contributed by atoms with Crippen LogP contribution in [0.4, 0.5) is 0 Å². The molecule has 0 spiro atoms. The normalized spacial score (nSPS) is 19.1. The average Bonchev–Trinajstić information content (AvgIpc) is 2.46. The molecule has 0 aromatic carbocycles. The van der Waals surface area contributed by atoms with E-state index in [1.807, 2.05) is 0 Å². The summed E-state index contributed by atoms with van der Waals surface area (Å²) in [5.74, 6) is -0.535. The summed E-state index contributed by atoms with van der Waals surface area (Å²) in [5, 5.41) is 7.35. The number of nitrogens with zero attached hydrogens (tertiary/aromatic N) is 1. The lowest BCUT2D eigenvalue weighted by Gasteiger charge is -2.04. The minimum absolute atomic E-state index is 0.273. The van der Waals surface area contributed by atoms with Crippen molar-refractivity contribution in [1.82, 2.24) is 0 Å². The van der Waals surface area contributed by atoms with Crippen LogP contribution in [-0.2, 0) is 4.79 Å². The summed E-state index contributed by atoms with van der Waals surface area (Å²) in [7, 11) is 0. The number of carbonyl (C=O) groups is 1. The van der Waals surface area contributed by atoms with E-state index in [9.17, 15) is 4.79 Å². The van der Waals surface area contributed by atoms with Crippen molar-refractivity contribution in [2.75, 3.05) is 0 Å². The number of hydrogen-bond donors (Lipinski definition) is 2. The van der Waals surface area contributed by atoms with Gasteiger partial charge in [0.25, 0.3) is 5.91 Å². The first kappa shape index (κ1) is 7.67. The van der Waals surface area contributed by atoms with Crippen molar-refractivity contribution in [2.45, 2.75) is 0 Å². The molecule has 4 heteroatoms. The number of carbonyl (C=O) groups excluding carboxylic acids is 1. The Labute approximate surface area is 74.7 Å². The van der Waals surface area contributed by atoms with Crippen LogP contribution in [0.15, 0.2) is 40.1 Å². The second-order valence-electron chi connectivity index (χ2n) is 2.77. The number of nitrogens with two attached hydrogens (primary N) is 1. The summed E-state index contributed by atoms with van der Waals surface area (Å²) >= 11 is 0. The van der Waals surface area contributed by atoms with Crippen LogP contribution in [0, 0.1) is 5.41 Å². The van der Waals surface area contributed by atoms with Crippen molar-refractivity contribution in [3.63, 3.8) is 0 Å². The fourth-order valence-corrected chi connectivity index (χ4v) is 1.29. The molecule has 0 fully saturated rings. The zero-order valence-corrected chi connectivity index (χ0v) is 6.74. The zero-order valence-electron chi connectivity index (χ0n) is 6.74. The third-order valence-corrected chi connectivity index (χ3v) is 1.87. The minimum Gasteiger partial charge on any atom is -0.364 e. The van der Waals surface area contributed by atoms with Gasteiger partial charge in [-0.25, -0.2) is 4.99 Å². The van der Waals surface area contributed by atoms with E-state index in [1.54, 1.807) is 24.4 Å². The predicted molar refractivity (Wildman–Crippen MR) is 49.7 cm³/mol. The van der Waals surface area contributed by atoms with E-state index in [2.05, 4.69) is 4.99 Å². The number of rotatable bonds is 1. The lowest BCUT2D eigenvalue weighted by Crippen LogP contribution is -2.13. The molecular formula is C9H7N3O. The Bertz CT molecular complexity index is 424. The topological polar surface area (TPSA) is 79.3 Å². The molecule has 1 amide bonds. The minimum atomic E-state index is -0.535. The highest BCUT2D eigenvalue weighted by atomic mass is 16.1. The Balaban J connectivity index is 2.54. The summed E-state index contributed by atoms with van der Waals surface area (Å²) in [5.41, 5.74) is 7.28. The second kappa shape index (κ2) is 2.52. The van der Waals surface area contributed by atoms with E-state index < -0.39 is 5.91 Å². The van der Waals surface area contributed by atoms with Crippen LogP contribution in [0.1, 0.15) is 0 Å². The number of primary amides is 1. The molecule has 4 nitrogen and oxygen atoms in total. The van der Waals surface area contributed by atoms with Crippen molar-refractivity contribution in [2.24, 2.45) is 10.7 Å². The molecule has 0 bridgehead atoms. The van der Waals surface area contributed by atoms with Gasteiger partial charge in [-0.1, -0.05) is 0 Å². The van der Waals surface area contributed by atoms with Crippen LogP contribution in [0.3, 0.4) is 0 Å². The number of amides is 1. The maximum atomic E-state index is 10.9. The molecule has 3 N–H and O–H groups in total. The van der Waals surface area contributed by atoms with Crippen molar-refractivity contribution in [1.29, 1.82) is 5.41 Å². The van der Waals surface area contributed by atoms with Gasteiger partial charge in [0.05, 0.1) is 5.71 Å². The lowest BCUT2D eigenvalue weighted by molar-refractivity contribution is -0.114. The van der Waals surface area contributed by atoms with E-state index in [1.165, 1.54) is 0 Å². The summed E-state index contributed by atoms with van der Waals surface area (Å²) in [6.07, 6.45) is 6.49. The maximum absolute atomic E-state index is 10.9. The average molecular weight is 173 g/mol.